The number of aryl methyl sites for hydroxylation is 1. The average Bonchev–Trinajstić information content (AvgIpc) is 3.46. The first-order chi connectivity index (χ1) is 15.7. The van der Waals surface area contributed by atoms with Gasteiger partial charge in [-0.1, -0.05) is 37.3 Å². The van der Waals surface area contributed by atoms with Crippen LogP contribution in [0, 0.1) is 36.5 Å². The first-order valence-electron chi connectivity index (χ1n) is 11.3. The number of nitrogens with one attached hydrogen (secondary N) is 2. The van der Waals surface area contributed by atoms with Crippen molar-refractivity contribution < 1.29 is 14.4 Å². The molecule has 7 nitrogen and oxygen atoms in total. The second-order valence-electron chi connectivity index (χ2n) is 10.3. The van der Waals surface area contributed by atoms with Gasteiger partial charge in [-0.2, -0.15) is 0 Å². The maximum atomic E-state index is 13.4. The van der Waals surface area contributed by atoms with Gasteiger partial charge in [-0.05, 0) is 48.8 Å². The largest absolute Gasteiger partial charge is 0.325 e. The van der Waals surface area contributed by atoms with Crippen LogP contribution in [0.3, 0.4) is 0 Å². The Labute approximate surface area is 199 Å². The van der Waals surface area contributed by atoms with E-state index in [0.717, 1.165) is 21.9 Å². The number of H-pyrrole nitrogens is 1. The number of aromatic nitrogens is 1. The van der Waals surface area contributed by atoms with E-state index < -0.39 is 0 Å². The standard InChI is InChI=1S/C24H25N3O4S2/c1-10-5-4-6-11(7-10)25-14(28)9-27-21(29)15-12-8-13(16(15)22(27)30)18-17(12)24(2,3)19-20(32-18)26-23(31)33-19/h4-7,12-13,15-18H,8-9H2,1-3H3,(H,25,28)(H,26,31)/t12-,13+,15-,16+,17+,18-/m0/s1. The van der Waals surface area contributed by atoms with Crippen molar-refractivity contribution in [3.05, 3.63) is 44.4 Å². The van der Waals surface area contributed by atoms with E-state index >= 15 is 0 Å². The van der Waals surface area contributed by atoms with E-state index in [-0.39, 0.29) is 69.4 Å². The van der Waals surface area contributed by atoms with Gasteiger partial charge >= 0.3 is 4.87 Å². The number of nitrogens with zero attached hydrogens (tertiary/aromatic N) is 1. The lowest BCUT2D eigenvalue weighted by Crippen LogP contribution is -2.48. The van der Waals surface area contributed by atoms with Gasteiger partial charge in [-0.15, -0.1) is 11.8 Å². The summed E-state index contributed by atoms with van der Waals surface area (Å²) in [5.74, 6) is -1.07. The highest BCUT2D eigenvalue weighted by Crippen LogP contribution is 2.68. The Hall–Kier alpha value is -2.39. The maximum absolute atomic E-state index is 13.4. The molecule has 9 heteroatoms. The highest BCUT2D eigenvalue weighted by molar-refractivity contribution is 8.00. The van der Waals surface area contributed by atoms with Crippen LogP contribution in [-0.4, -0.2) is 39.4 Å². The summed E-state index contributed by atoms with van der Waals surface area (Å²) >= 11 is 2.94. The van der Waals surface area contributed by atoms with Crippen LogP contribution in [0.4, 0.5) is 5.69 Å². The summed E-state index contributed by atoms with van der Waals surface area (Å²) in [5.41, 5.74) is 1.44. The van der Waals surface area contributed by atoms with Crippen LogP contribution in [0.2, 0.25) is 0 Å². The van der Waals surface area contributed by atoms with Crippen molar-refractivity contribution in [2.75, 3.05) is 11.9 Å². The summed E-state index contributed by atoms with van der Waals surface area (Å²) in [6.07, 6.45) is 0.862. The topological polar surface area (TPSA) is 99.3 Å². The number of carbonyl (C=O) groups is 3. The minimum atomic E-state index is -0.360. The van der Waals surface area contributed by atoms with Gasteiger partial charge in [-0.3, -0.25) is 24.1 Å². The van der Waals surface area contributed by atoms with Gasteiger partial charge in [0, 0.05) is 21.2 Å². The van der Waals surface area contributed by atoms with Gasteiger partial charge in [0.2, 0.25) is 17.7 Å². The van der Waals surface area contributed by atoms with E-state index in [1.54, 1.807) is 17.8 Å². The molecule has 3 fully saturated rings. The molecule has 2 bridgehead atoms. The van der Waals surface area contributed by atoms with Crippen LogP contribution >= 0.6 is 23.1 Å². The molecule has 33 heavy (non-hydrogen) atoms. The number of amides is 3. The fraction of sp³-hybridized carbons (Fsp3) is 0.500. The Morgan fingerprint density at radius 2 is 1.91 bits per heavy atom. The summed E-state index contributed by atoms with van der Waals surface area (Å²) in [4.78, 5) is 56.7. The highest BCUT2D eigenvalue weighted by atomic mass is 32.2. The van der Waals surface area contributed by atoms with E-state index in [9.17, 15) is 19.2 Å². The Balaban J connectivity index is 1.26. The van der Waals surface area contributed by atoms with E-state index in [0.29, 0.717) is 5.69 Å². The number of anilines is 1. The molecule has 0 radical (unpaired) electrons. The summed E-state index contributed by atoms with van der Waals surface area (Å²) < 4.78 is 0. The van der Waals surface area contributed by atoms with Crippen LogP contribution in [0.15, 0.2) is 34.1 Å². The third kappa shape index (κ3) is 2.94. The van der Waals surface area contributed by atoms with E-state index in [1.807, 2.05) is 25.1 Å². The molecule has 2 aromatic rings. The first-order valence-corrected chi connectivity index (χ1v) is 13.0. The van der Waals surface area contributed by atoms with E-state index in [2.05, 4.69) is 24.1 Å². The van der Waals surface area contributed by atoms with E-state index in [4.69, 9.17) is 0 Å². The zero-order valence-corrected chi connectivity index (χ0v) is 20.2. The SMILES string of the molecule is Cc1cccc(NC(=O)CN2C(=O)[C@@H]3[C@H]4C[C@@H]([C@@H]3C2=O)[C@@H]2[C@H]4Sc3[nH]c(=O)sc3C2(C)C)c1. The Kier molecular flexibility index (Phi) is 4.52. The number of aromatic amines is 1. The van der Waals surface area contributed by atoms with Crippen molar-refractivity contribution in [1.82, 2.24) is 9.88 Å². The second-order valence-corrected chi connectivity index (χ2v) is 12.5. The fourth-order valence-electron chi connectivity index (χ4n) is 6.94. The molecule has 1 aromatic heterocycles. The lowest BCUT2D eigenvalue weighted by atomic mass is 9.64. The lowest BCUT2D eigenvalue weighted by molar-refractivity contribution is -0.143. The Morgan fingerprint density at radius 1 is 1.18 bits per heavy atom. The zero-order valence-electron chi connectivity index (χ0n) is 18.6. The van der Waals surface area contributed by atoms with Gasteiger partial charge in [0.25, 0.3) is 0 Å². The molecule has 3 heterocycles. The Morgan fingerprint density at radius 3 is 2.64 bits per heavy atom. The van der Waals surface area contributed by atoms with Gasteiger partial charge < -0.3 is 10.3 Å². The lowest BCUT2D eigenvalue weighted by Gasteiger charge is -2.47. The molecule has 6 atom stereocenters. The third-order valence-electron chi connectivity index (χ3n) is 8.09. The molecule has 2 aliphatic heterocycles. The van der Waals surface area contributed by atoms with Crippen LogP contribution in [0.5, 0.6) is 0 Å². The van der Waals surface area contributed by atoms with E-state index in [1.165, 1.54) is 16.2 Å². The van der Waals surface area contributed by atoms with Gasteiger partial charge in [-0.25, -0.2) is 0 Å². The third-order valence-corrected chi connectivity index (χ3v) is 10.9. The fourth-order valence-corrected chi connectivity index (χ4v) is 10.1. The highest BCUT2D eigenvalue weighted by Gasteiger charge is 2.70. The van der Waals surface area contributed by atoms with Crippen molar-refractivity contribution in [3.63, 3.8) is 0 Å². The monoisotopic (exact) mass is 483 g/mol. The molecular weight excluding hydrogens is 458 g/mol. The molecule has 0 unspecified atom stereocenters. The molecule has 1 aromatic carbocycles. The molecule has 3 amide bonds. The number of rotatable bonds is 3. The number of likely N-dealkylation sites (tertiary alicyclic amines) is 1. The minimum absolute atomic E-state index is 0.0500. The maximum Gasteiger partial charge on any atom is 0.305 e. The molecule has 4 aliphatic rings. The van der Waals surface area contributed by atoms with Crippen molar-refractivity contribution in [2.45, 2.75) is 42.9 Å². The predicted octanol–water partition coefficient (Wildman–Crippen LogP) is 3.00. The zero-order chi connectivity index (χ0) is 23.2. The molecule has 6 rings (SSSR count). The number of thiazole rings is 1. The van der Waals surface area contributed by atoms with Crippen LogP contribution in [0.25, 0.3) is 0 Å². The van der Waals surface area contributed by atoms with Gasteiger partial charge in [0.1, 0.15) is 6.54 Å². The predicted molar refractivity (Wildman–Crippen MR) is 126 cm³/mol. The molecule has 172 valence electrons. The van der Waals surface area contributed by atoms with Gasteiger partial charge in [0.05, 0.1) is 16.9 Å². The molecular formula is C24H25N3O4S2. The first kappa shape index (κ1) is 21.2. The Bertz CT molecular complexity index is 1260. The van der Waals surface area contributed by atoms with Crippen molar-refractivity contribution in [1.29, 1.82) is 0 Å². The minimum Gasteiger partial charge on any atom is -0.325 e. The van der Waals surface area contributed by atoms with Crippen molar-refractivity contribution in [3.8, 4) is 0 Å². The molecule has 2 saturated carbocycles. The normalized spacial score (nSPS) is 33.1. The summed E-state index contributed by atoms with van der Waals surface area (Å²) in [6, 6.07) is 7.44. The molecule has 1 saturated heterocycles. The average molecular weight is 484 g/mol. The van der Waals surface area contributed by atoms with Gasteiger partial charge in [0.15, 0.2) is 0 Å². The number of imide groups is 1. The summed E-state index contributed by atoms with van der Waals surface area (Å²) in [7, 11) is 0. The van der Waals surface area contributed by atoms with Crippen molar-refractivity contribution >= 4 is 46.5 Å². The molecule has 2 N–H and O–H groups in total. The number of hydrogen-bond acceptors (Lipinski definition) is 6. The quantitative estimate of drug-likeness (QED) is 0.654. The number of benzene rings is 1. The number of thioether (sulfide) groups is 1. The molecule has 2 aliphatic carbocycles. The molecule has 0 spiro atoms. The number of carbonyl (C=O) groups excluding carboxylic acids is 3. The number of hydrogen-bond donors (Lipinski definition) is 2. The van der Waals surface area contributed by atoms with Crippen LogP contribution in [0.1, 0.15) is 30.7 Å². The summed E-state index contributed by atoms with van der Waals surface area (Å²) in [5, 5.41) is 3.93. The van der Waals surface area contributed by atoms with Crippen molar-refractivity contribution in [2.24, 2.45) is 29.6 Å². The van der Waals surface area contributed by atoms with Crippen LogP contribution < -0.4 is 10.2 Å². The smallest absolute Gasteiger partial charge is 0.305 e. The number of fused-ring (bicyclic) bond motifs is 9. The van der Waals surface area contributed by atoms with Crippen LogP contribution in [-0.2, 0) is 19.8 Å². The summed E-state index contributed by atoms with van der Waals surface area (Å²) in [6.45, 7) is 6.02. The second kappa shape index (κ2) is 7.06.